The maximum atomic E-state index is 12.4. The van der Waals surface area contributed by atoms with Gasteiger partial charge < -0.3 is 14.6 Å². The van der Waals surface area contributed by atoms with Crippen molar-refractivity contribution in [3.8, 4) is 0 Å². The van der Waals surface area contributed by atoms with Crippen LogP contribution in [0.1, 0.15) is 48.8 Å². The van der Waals surface area contributed by atoms with Crippen molar-refractivity contribution in [2.45, 2.75) is 45.4 Å². The highest BCUT2D eigenvalue weighted by atomic mass is 16.5. The third kappa shape index (κ3) is 3.84. The topological polar surface area (TPSA) is 74.0 Å². The van der Waals surface area contributed by atoms with Crippen LogP contribution in [0.15, 0.2) is 24.9 Å². The minimum Gasteiger partial charge on any atom is -0.372 e. The van der Waals surface area contributed by atoms with E-state index in [1.807, 2.05) is 28.7 Å². The van der Waals surface area contributed by atoms with Gasteiger partial charge in [0.25, 0.3) is 5.91 Å². The SMILES string of the molecule is CC(C)Cn1cc(C(=O)N[C@@H]2CCO[C@H](c3cncn3C)C2)cn1. The molecule has 0 spiro atoms. The number of hydrogen-bond donors (Lipinski definition) is 1. The summed E-state index contributed by atoms with van der Waals surface area (Å²) in [5.41, 5.74) is 1.65. The fourth-order valence-electron chi connectivity index (χ4n) is 3.04. The van der Waals surface area contributed by atoms with Crippen molar-refractivity contribution >= 4 is 5.91 Å². The normalized spacial score (nSPS) is 21.2. The Hall–Kier alpha value is -2.15. The van der Waals surface area contributed by atoms with Gasteiger partial charge in [-0.2, -0.15) is 5.10 Å². The summed E-state index contributed by atoms with van der Waals surface area (Å²) in [5.74, 6) is 0.427. The van der Waals surface area contributed by atoms with Crippen LogP contribution in [0.4, 0.5) is 0 Å². The molecule has 1 fully saturated rings. The first-order valence-corrected chi connectivity index (χ1v) is 8.44. The third-order valence-electron chi connectivity index (χ3n) is 4.25. The Bertz CT molecular complexity index is 691. The predicted octanol–water partition coefficient (Wildman–Crippen LogP) is 1.92. The van der Waals surface area contributed by atoms with E-state index in [-0.39, 0.29) is 18.1 Å². The molecule has 0 radical (unpaired) electrons. The van der Waals surface area contributed by atoms with Gasteiger partial charge >= 0.3 is 0 Å². The second kappa shape index (κ2) is 7.17. The Balaban J connectivity index is 1.60. The number of amides is 1. The van der Waals surface area contributed by atoms with Gasteiger partial charge in [0.2, 0.25) is 0 Å². The molecule has 1 aliphatic heterocycles. The molecule has 3 heterocycles. The molecule has 2 atom stereocenters. The molecule has 7 heteroatoms. The lowest BCUT2D eigenvalue weighted by molar-refractivity contribution is -0.00301. The van der Waals surface area contributed by atoms with Gasteiger partial charge in [-0.3, -0.25) is 9.48 Å². The summed E-state index contributed by atoms with van der Waals surface area (Å²) in [5, 5.41) is 7.37. The van der Waals surface area contributed by atoms with Gasteiger partial charge in [-0.05, 0) is 18.8 Å². The first kappa shape index (κ1) is 16.7. The largest absolute Gasteiger partial charge is 0.372 e. The molecule has 2 aromatic heterocycles. The van der Waals surface area contributed by atoms with E-state index in [2.05, 4.69) is 29.2 Å². The Morgan fingerprint density at radius 1 is 1.46 bits per heavy atom. The first-order valence-electron chi connectivity index (χ1n) is 8.44. The highest BCUT2D eigenvalue weighted by Gasteiger charge is 2.27. The molecule has 3 rings (SSSR count). The summed E-state index contributed by atoms with van der Waals surface area (Å²) in [4.78, 5) is 16.6. The molecule has 0 aromatic carbocycles. The zero-order valence-corrected chi connectivity index (χ0v) is 14.5. The van der Waals surface area contributed by atoms with Crippen molar-refractivity contribution in [1.82, 2.24) is 24.6 Å². The van der Waals surface area contributed by atoms with Crippen LogP contribution in [0.3, 0.4) is 0 Å². The number of aryl methyl sites for hydroxylation is 1. The minimum atomic E-state index is -0.0688. The molecule has 2 aromatic rings. The molecule has 0 unspecified atom stereocenters. The van der Waals surface area contributed by atoms with Crippen LogP contribution in [0.5, 0.6) is 0 Å². The molecule has 1 N–H and O–H groups in total. The number of nitrogens with one attached hydrogen (secondary N) is 1. The van der Waals surface area contributed by atoms with Crippen LogP contribution in [0, 0.1) is 5.92 Å². The quantitative estimate of drug-likeness (QED) is 0.908. The van der Waals surface area contributed by atoms with Crippen molar-refractivity contribution in [2.24, 2.45) is 13.0 Å². The van der Waals surface area contributed by atoms with E-state index in [9.17, 15) is 4.79 Å². The molecule has 0 bridgehead atoms. The standard InChI is InChI=1S/C17H25N5O2/c1-12(2)9-22-10-13(7-19-22)17(23)20-14-4-5-24-16(6-14)15-8-18-11-21(15)3/h7-8,10-12,14,16H,4-6,9H2,1-3H3,(H,20,23)/t14-,16+/m1/s1. The van der Waals surface area contributed by atoms with E-state index in [4.69, 9.17) is 4.74 Å². The van der Waals surface area contributed by atoms with Gasteiger partial charge in [-0.15, -0.1) is 0 Å². The second-order valence-electron chi connectivity index (χ2n) is 6.83. The lowest BCUT2D eigenvalue weighted by atomic mass is 10.0. The molecule has 1 amide bonds. The molecule has 7 nitrogen and oxygen atoms in total. The zero-order chi connectivity index (χ0) is 17.1. The number of carbonyl (C=O) groups excluding carboxylic acids is 1. The summed E-state index contributed by atoms with van der Waals surface area (Å²) in [6.07, 6.45) is 8.59. The Kier molecular flexibility index (Phi) is 4.99. The van der Waals surface area contributed by atoms with Gasteiger partial charge in [0.1, 0.15) is 6.10 Å². The summed E-state index contributed by atoms with van der Waals surface area (Å²) in [6.45, 7) is 5.70. The van der Waals surface area contributed by atoms with Crippen molar-refractivity contribution in [3.63, 3.8) is 0 Å². The third-order valence-corrected chi connectivity index (χ3v) is 4.25. The van der Waals surface area contributed by atoms with Gasteiger partial charge in [-0.1, -0.05) is 13.8 Å². The smallest absolute Gasteiger partial charge is 0.254 e. The number of carbonyl (C=O) groups is 1. The fraction of sp³-hybridized carbons (Fsp3) is 0.588. The monoisotopic (exact) mass is 331 g/mol. The minimum absolute atomic E-state index is 0.0276. The maximum Gasteiger partial charge on any atom is 0.254 e. The van der Waals surface area contributed by atoms with Crippen LogP contribution in [-0.4, -0.2) is 37.9 Å². The average molecular weight is 331 g/mol. The first-order chi connectivity index (χ1) is 11.5. The van der Waals surface area contributed by atoms with Crippen LogP contribution in [-0.2, 0) is 18.3 Å². The average Bonchev–Trinajstić information content (AvgIpc) is 3.16. The molecule has 1 saturated heterocycles. The number of aromatic nitrogens is 4. The highest BCUT2D eigenvalue weighted by molar-refractivity contribution is 5.93. The Morgan fingerprint density at radius 3 is 3.00 bits per heavy atom. The van der Waals surface area contributed by atoms with E-state index in [1.165, 1.54) is 0 Å². The molecular weight excluding hydrogens is 306 g/mol. The van der Waals surface area contributed by atoms with E-state index in [0.717, 1.165) is 25.1 Å². The number of nitrogens with zero attached hydrogens (tertiary/aromatic N) is 4. The summed E-state index contributed by atoms with van der Waals surface area (Å²) < 4.78 is 9.62. The van der Waals surface area contributed by atoms with Gasteiger partial charge in [0.05, 0.1) is 30.0 Å². The summed E-state index contributed by atoms with van der Waals surface area (Å²) >= 11 is 0. The zero-order valence-electron chi connectivity index (χ0n) is 14.5. The van der Waals surface area contributed by atoms with E-state index in [0.29, 0.717) is 18.1 Å². The molecular formula is C17H25N5O2. The van der Waals surface area contributed by atoms with Crippen molar-refractivity contribution < 1.29 is 9.53 Å². The van der Waals surface area contributed by atoms with Crippen molar-refractivity contribution in [1.29, 1.82) is 0 Å². The summed E-state index contributed by atoms with van der Waals surface area (Å²) in [7, 11) is 1.96. The molecule has 0 aliphatic carbocycles. The van der Waals surface area contributed by atoms with Crippen molar-refractivity contribution in [3.05, 3.63) is 36.2 Å². The number of imidazole rings is 1. The van der Waals surface area contributed by atoms with E-state index in [1.54, 1.807) is 12.5 Å². The van der Waals surface area contributed by atoms with Crippen LogP contribution in [0.2, 0.25) is 0 Å². The molecule has 130 valence electrons. The van der Waals surface area contributed by atoms with Gasteiger partial charge in [0.15, 0.2) is 0 Å². The second-order valence-corrected chi connectivity index (χ2v) is 6.83. The number of hydrogen-bond acceptors (Lipinski definition) is 4. The molecule has 24 heavy (non-hydrogen) atoms. The highest BCUT2D eigenvalue weighted by Crippen LogP contribution is 2.27. The van der Waals surface area contributed by atoms with Crippen LogP contribution < -0.4 is 5.32 Å². The Labute approximate surface area is 142 Å². The van der Waals surface area contributed by atoms with Gasteiger partial charge in [0, 0.05) is 32.4 Å². The van der Waals surface area contributed by atoms with E-state index >= 15 is 0 Å². The number of ether oxygens (including phenoxy) is 1. The van der Waals surface area contributed by atoms with Crippen LogP contribution >= 0.6 is 0 Å². The van der Waals surface area contributed by atoms with Crippen LogP contribution in [0.25, 0.3) is 0 Å². The Morgan fingerprint density at radius 2 is 2.29 bits per heavy atom. The number of rotatable bonds is 5. The van der Waals surface area contributed by atoms with E-state index < -0.39 is 0 Å². The molecule has 0 saturated carbocycles. The summed E-state index contributed by atoms with van der Waals surface area (Å²) in [6, 6.07) is 0.0969. The van der Waals surface area contributed by atoms with Crippen molar-refractivity contribution in [2.75, 3.05) is 6.61 Å². The van der Waals surface area contributed by atoms with Gasteiger partial charge in [-0.25, -0.2) is 4.98 Å². The maximum absolute atomic E-state index is 12.4. The lowest BCUT2D eigenvalue weighted by Crippen LogP contribution is -2.40. The fourth-order valence-corrected chi connectivity index (χ4v) is 3.04. The lowest BCUT2D eigenvalue weighted by Gasteiger charge is -2.30. The molecule has 1 aliphatic rings. The predicted molar refractivity (Wildman–Crippen MR) is 89.5 cm³/mol.